The molecular formula is C14H20N4. The van der Waals surface area contributed by atoms with E-state index in [4.69, 9.17) is 0 Å². The Morgan fingerprint density at radius 1 is 1.44 bits per heavy atom. The SMILES string of the molecule is CCC1CCNC(c2nc3ncc(C)cc3[nH]2)C1. The van der Waals surface area contributed by atoms with Gasteiger partial charge in [0.05, 0.1) is 11.6 Å². The van der Waals surface area contributed by atoms with Gasteiger partial charge < -0.3 is 10.3 Å². The lowest BCUT2D eigenvalue weighted by atomic mass is 9.90. The Morgan fingerprint density at radius 2 is 2.33 bits per heavy atom. The van der Waals surface area contributed by atoms with E-state index < -0.39 is 0 Å². The summed E-state index contributed by atoms with van der Waals surface area (Å²) in [7, 11) is 0. The van der Waals surface area contributed by atoms with Crippen molar-refractivity contribution in [2.75, 3.05) is 6.54 Å². The molecule has 2 atom stereocenters. The second kappa shape index (κ2) is 4.69. The highest BCUT2D eigenvalue weighted by Gasteiger charge is 2.24. The van der Waals surface area contributed by atoms with Gasteiger partial charge in [-0.25, -0.2) is 9.97 Å². The Labute approximate surface area is 107 Å². The average molecular weight is 244 g/mol. The Bertz CT molecular complexity index is 546. The number of hydrogen-bond donors (Lipinski definition) is 2. The zero-order valence-electron chi connectivity index (χ0n) is 11.0. The van der Waals surface area contributed by atoms with E-state index in [1.54, 1.807) is 0 Å². The lowest BCUT2D eigenvalue weighted by Crippen LogP contribution is -2.32. The molecule has 0 radical (unpaired) electrons. The number of H-pyrrole nitrogens is 1. The molecule has 0 saturated carbocycles. The molecule has 0 spiro atoms. The van der Waals surface area contributed by atoms with Crippen LogP contribution in [-0.2, 0) is 0 Å². The van der Waals surface area contributed by atoms with Gasteiger partial charge in [-0.1, -0.05) is 13.3 Å². The van der Waals surface area contributed by atoms with E-state index in [9.17, 15) is 0 Å². The van der Waals surface area contributed by atoms with Crippen LogP contribution >= 0.6 is 0 Å². The number of rotatable bonds is 2. The fraction of sp³-hybridized carbons (Fsp3) is 0.571. The van der Waals surface area contributed by atoms with E-state index in [0.717, 1.165) is 29.5 Å². The molecule has 3 rings (SSSR count). The summed E-state index contributed by atoms with van der Waals surface area (Å²) in [6, 6.07) is 2.47. The summed E-state index contributed by atoms with van der Waals surface area (Å²) in [6.07, 6.45) is 5.59. The van der Waals surface area contributed by atoms with Crippen molar-refractivity contribution in [3.8, 4) is 0 Å². The lowest BCUT2D eigenvalue weighted by Gasteiger charge is -2.28. The molecule has 2 unspecified atom stereocenters. The van der Waals surface area contributed by atoms with Crippen LogP contribution in [0.4, 0.5) is 0 Å². The summed E-state index contributed by atoms with van der Waals surface area (Å²) < 4.78 is 0. The van der Waals surface area contributed by atoms with Crippen molar-refractivity contribution in [1.82, 2.24) is 20.3 Å². The van der Waals surface area contributed by atoms with Gasteiger partial charge in [0.2, 0.25) is 0 Å². The summed E-state index contributed by atoms with van der Waals surface area (Å²) >= 11 is 0. The largest absolute Gasteiger partial charge is 0.339 e. The summed E-state index contributed by atoms with van der Waals surface area (Å²) in [5, 5.41) is 3.55. The van der Waals surface area contributed by atoms with Crippen LogP contribution < -0.4 is 5.32 Å². The third kappa shape index (κ3) is 2.12. The van der Waals surface area contributed by atoms with Crippen molar-refractivity contribution in [2.24, 2.45) is 5.92 Å². The molecule has 96 valence electrons. The molecule has 0 bridgehead atoms. The third-order valence-corrected chi connectivity index (χ3v) is 3.91. The maximum absolute atomic E-state index is 4.62. The molecule has 0 aromatic carbocycles. The van der Waals surface area contributed by atoms with E-state index >= 15 is 0 Å². The van der Waals surface area contributed by atoms with E-state index in [1.165, 1.54) is 24.8 Å². The second-order valence-corrected chi connectivity index (χ2v) is 5.31. The van der Waals surface area contributed by atoms with Crippen LogP contribution in [0.2, 0.25) is 0 Å². The van der Waals surface area contributed by atoms with Crippen LogP contribution in [0.15, 0.2) is 12.3 Å². The summed E-state index contributed by atoms with van der Waals surface area (Å²) in [4.78, 5) is 12.4. The maximum Gasteiger partial charge on any atom is 0.177 e. The first-order valence-electron chi connectivity index (χ1n) is 6.82. The molecule has 1 saturated heterocycles. The van der Waals surface area contributed by atoms with Gasteiger partial charge in [0, 0.05) is 6.20 Å². The quantitative estimate of drug-likeness (QED) is 0.854. The van der Waals surface area contributed by atoms with Gasteiger partial charge >= 0.3 is 0 Å². The molecule has 4 heteroatoms. The highest BCUT2D eigenvalue weighted by atomic mass is 15.1. The van der Waals surface area contributed by atoms with Gasteiger partial charge in [-0.05, 0) is 43.9 Å². The third-order valence-electron chi connectivity index (χ3n) is 3.91. The van der Waals surface area contributed by atoms with Crippen LogP contribution in [0, 0.1) is 12.8 Å². The van der Waals surface area contributed by atoms with Crippen LogP contribution in [-0.4, -0.2) is 21.5 Å². The van der Waals surface area contributed by atoms with E-state index in [2.05, 4.69) is 40.2 Å². The molecule has 3 heterocycles. The van der Waals surface area contributed by atoms with Gasteiger partial charge in [-0.3, -0.25) is 0 Å². The van der Waals surface area contributed by atoms with Crippen molar-refractivity contribution in [2.45, 2.75) is 39.2 Å². The number of aryl methyl sites for hydroxylation is 1. The Kier molecular flexibility index (Phi) is 3.04. The molecule has 2 aromatic rings. The molecule has 0 aliphatic carbocycles. The highest BCUT2D eigenvalue weighted by Crippen LogP contribution is 2.28. The number of piperidine rings is 1. The molecule has 4 nitrogen and oxygen atoms in total. The molecule has 18 heavy (non-hydrogen) atoms. The van der Waals surface area contributed by atoms with Crippen LogP contribution in [0.1, 0.15) is 43.6 Å². The molecule has 1 fully saturated rings. The van der Waals surface area contributed by atoms with Crippen LogP contribution in [0.25, 0.3) is 11.2 Å². The molecule has 1 aliphatic heterocycles. The number of pyridine rings is 1. The number of hydrogen-bond acceptors (Lipinski definition) is 3. The fourth-order valence-electron chi connectivity index (χ4n) is 2.76. The Balaban J connectivity index is 1.89. The molecule has 2 aromatic heterocycles. The smallest absolute Gasteiger partial charge is 0.177 e. The number of imidazole rings is 1. The highest BCUT2D eigenvalue weighted by molar-refractivity contribution is 5.71. The normalized spacial score (nSPS) is 24.6. The van der Waals surface area contributed by atoms with Crippen molar-refractivity contribution in [3.63, 3.8) is 0 Å². The molecule has 2 N–H and O–H groups in total. The van der Waals surface area contributed by atoms with Gasteiger partial charge in [-0.2, -0.15) is 0 Å². The lowest BCUT2D eigenvalue weighted by molar-refractivity contribution is 0.292. The van der Waals surface area contributed by atoms with E-state index in [-0.39, 0.29) is 0 Å². The molecular weight excluding hydrogens is 224 g/mol. The predicted octanol–water partition coefficient (Wildman–Crippen LogP) is 2.72. The van der Waals surface area contributed by atoms with Crippen LogP contribution in [0.3, 0.4) is 0 Å². The second-order valence-electron chi connectivity index (χ2n) is 5.31. The number of nitrogens with zero attached hydrogens (tertiary/aromatic N) is 2. The fourth-order valence-corrected chi connectivity index (χ4v) is 2.76. The summed E-state index contributed by atoms with van der Waals surface area (Å²) in [5.74, 6) is 1.86. The van der Waals surface area contributed by atoms with Crippen molar-refractivity contribution in [3.05, 3.63) is 23.7 Å². The van der Waals surface area contributed by atoms with Crippen molar-refractivity contribution < 1.29 is 0 Å². The van der Waals surface area contributed by atoms with Gasteiger partial charge in [0.15, 0.2) is 5.65 Å². The zero-order chi connectivity index (χ0) is 12.5. The average Bonchev–Trinajstić information content (AvgIpc) is 2.81. The first kappa shape index (κ1) is 11.7. The first-order valence-corrected chi connectivity index (χ1v) is 6.82. The number of aromatic nitrogens is 3. The minimum Gasteiger partial charge on any atom is -0.339 e. The van der Waals surface area contributed by atoms with Crippen molar-refractivity contribution in [1.29, 1.82) is 0 Å². The van der Waals surface area contributed by atoms with Gasteiger partial charge in [-0.15, -0.1) is 0 Å². The Hall–Kier alpha value is -1.42. The zero-order valence-corrected chi connectivity index (χ0v) is 11.0. The Morgan fingerprint density at radius 3 is 3.17 bits per heavy atom. The van der Waals surface area contributed by atoms with E-state index in [0.29, 0.717) is 6.04 Å². The minimum atomic E-state index is 0.359. The van der Waals surface area contributed by atoms with Gasteiger partial charge in [0.1, 0.15) is 5.82 Å². The molecule has 0 amide bonds. The number of fused-ring (bicyclic) bond motifs is 1. The van der Waals surface area contributed by atoms with Crippen molar-refractivity contribution >= 4 is 11.2 Å². The van der Waals surface area contributed by atoms with E-state index in [1.807, 2.05) is 6.20 Å². The van der Waals surface area contributed by atoms with Crippen LogP contribution in [0.5, 0.6) is 0 Å². The summed E-state index contributed by atoms with van der Waals surface area (Å²) in [5.41, 5.74) is 3.04. The minimum absolute atomic E-state index is 0.359. The predicted molar refractivity (Wildman–Crippen MR) is 72.4 cm³/mol. The topological polar surface area (TPSA) is 53.6 Å². The monoisotopic (exact) mass is 244 g/mol. The molecule has 1 aliphatic rings. The standard InChI is InChI=1S/C14H20N4/c1-3-10-4-5-15-11(7-10)14-17-12-6-9(2)8-16-13(12)18-14/h6,8,10-11,15H,3-5,7H2,1-2H3,(H,16,17,18). The first-order chi connectivity index (χ1) is 8.76. The number of nitrogens with one attached hydrogen (secondary N) is 2. The summed E-state index contributed by atoms with van der Waals surface area (Å²) in [6.45, 7) is 5.42. The maximum atomic E-state index is 4.62. The van der Waals surface area contributed by atoms with Gasteiger partial charge in [0.25, 0.3) is 0 Å². The number of aromatic amines is 1.